The van der Waals surface area contributed by atoms with Gasteiger partial charge >= 0.3 is 6.09 Å². The van der Waals surface area contributed by atoms with Crippen LogP contribution in [0, 0.1) is 0 Å². The molecule has 7 heteroatoms. The second kappa shape index (κ2) is 8.65. The molecular weight excluding hydrogens is 382 g/mol. The van der Waals surface area contributed by atoms with E-state index in [-0.39, 0.29) is 24.2 Å². The molecule has 1 N–H and O–H groups in total. The van der Waals surface area contributed by atoms with Crippen LogP contribution in [-0.4, -0.2) is 54.6 Å². The molecule has 7 nitrogen and oxygen atoms in total. The molecule has 30 heavy (non-hydrogen) atoms. The van der Waals surface area contributed by atoms with Gasteiger partial charge in [-0.25, -0.2) is 4.79 Å². The molecule has 2 amide bonds. The van der Waals surface area contributed by atoms with Gasteiger partial charge in [-0.15, -0.1) is 0 Å². The molecule has 4 rings (SSSR count). The molecule has 1 saturated heterocycles. The number of fused-ring (bicyclic) bond motifs is 1. The van der Waals surface area contributed by atoms with Crippen LogP contribution < -0.4 is 10.1 Å². The van der Waals surface area contributed by atoms with E-state index in [4.69, 9.17) is 9.47 Å². The number of nitrogens with one attached hydrogen (secondary N) is 1. The maximum Gasteiger partial charge on any atom is 0.409 e. The number of methoxy groups -OCH3 is 1. The van der Waals surface area contributed by atoms with Crippen LogP contribution in [0.4, 0.5) is 10.5 Å². The van der Waals surface area contributed by atoms with Crippen molar-refractivity contribution in [2.75, 3.05) is 32.1 Å². The van der Waals surface area contributed by atoms with Crippen molar-refractivity contribution in [2.45, 2.75) is 32.0 Å². The largest absolute Gasteiger partial charge is 0.497 e. The number of likely N-dealkylation sites (tertiary alicyclic amines) is 1. The van der Waals surface area contributed by atoms with Gasteiger partial charge in [-0.05, 0) is 50.1 Å². The van der Waals surface area contributed by atoms with Crippen LogP contribution in [0.3, 0.4) is 0 Å². The highest BCUT2D eigenvalue weighted by molar-refractivity contribution is 5.99. The summed E-state index contributed by atoms with van der Waals surface area (Å²) >= 11 is 0. The van der Waals surface area contributed by atoms with Crippen LogP contribution >= 0.6 is 0 Å². The van der Waals surface area contributed by atoms with Crippen molar-refractivity contribution < 1.29 is 19.1 Å². The number of nitrogens with zero attached hydrogens (tertiary/aromatic N) is 2. The minimum absolute atomic E-state index is 0.0335. The van der Waals surface area contributed by atoms with E-state index in [0.29, 0.717) is 19.7 Å². The number of benzene rings is 2. The zero-order valence-corrected chi connectivity index (χ0v) is 17.3. The van der Waals surface area contributed by atoms with E-state index in [1.807, 2.05) is 53.4 Å². The van der Waals surface area contributed by atoms with Gasteiger partial charge < -0.3 is 24.6 Å². The minimum Gasteiger partial charge on any atom is -0.497 e. The van der Waals surface area contributed by atoms with Crippen molar-refractivity contribution in [3.63, 3.8) is 0 Å². The fourth-order valence-electron chi connectivity index (χ4n) is 4.25. The molecular formula is C23H27N3O4. The lowest BCUT2D eigenvalue weighted by molar-refractivity contribution is 0.0496. The van der Waals surface area contributed by atoms with Gasteiger partial charge in [0, 0.05) is 35.9 Å². The first-order valence-electron chi connectivity index (χ1n) is 10.4. The molecule has 2 aliphatic heterocycles. The third-order valence-corrected chi connectivity index (χ3v) is 5.78. The minimum atomic E-state index is -0.278. The van der Waals surface area contributed by atoms with Crippen LogP contribution in [0.2, 0.25) is 0 Å². The van der Waals surface area contributed by atoms with Crippen LogP contribution in [0.15, 0.2) is 48.5 Å². The summed E-state index contributed by atoms with van der Waals surface area (Å²) in [6.07, 6.45) is 0.916. The number of carbonyl (C=O) groups excluding carboxylic acids is 2. The summed E-state index contributed by atoms with van der Waals surface area (Å²) in [5, 5.41) is 3.52. The Bertz CT molecular complexity index is 907. The standard InChI is InChI=1S/C23H27N3O4/c1-3-30-23(28)25-14-12-17(13-15-25)26-21(19-6-4-5-7-20(19)22(26)27)24-16-8-10-18(29-2)11-9-16/h4-11,17,21,24H,3,12-15H2,1-2H3/t21-/m0/s1. The van der Waals surface area contributed by atoms with E-state index < -0.39 is 0 Å². The molecule has 2 aromatic rings. The van der Waals surface area contributed by atoms with Crippen LogP contribution in [-0.2, 0) is 4.74 Å². The first-order valence-corrected chi connectivity index (χ1v) is 10.4. The summed E-state index contributed by atoms with van der Waals surface area (Å²) in [7, 11) is 1.64. The van der Waals surface area contributed by atoms with Crippen LogP contribution in [0.5, 0.6) is 5.75 Å². The Balaban J connectivity index is 1.55. The zero-order chi connectivity index (χ0) is 21.1. The molecule has 1 fully saturated rings. The summed E-state index contributed by atoms with van der Waals surface area (Å²) in [6.45, 7) is 3.34. The van der Waals surface area contributed by atoms with E-state index in [1.54, 1.807) is 18.9 Å². The fraction of sp³-hybridized carbons (Fsp3) is 0.391. The average Bonchev–Trinajstić information content (AvgIpc) is 3.06. The van der Waals surface area contributed by atoms with Crippen molar-refractivity contribution in [2.24, 2.45) is 0 Å². The average molecular weight is 409 g/mol. The normalized spacial score (nSPS) is 18.9. The predicted octanol–water partition coefficient (Wildman–Crippen LogP) is 3.88. The Morgan fingerprint density at radius 1 is 1.10 bits per heavy atom. The molecule has 1 atom stereocenters. The molecule has 0 bridgehead atoms. The lowest BCUT2D eigenvalue weighted by atomic mass is 10.0. The summed E-state index contributed by atoms with van der Waals surface area (Å²) in [4.78, 5) is 29.0. The van der Waals surface area contributed by atoms with Crippen molar-refractivity contribution in [1.82, 2.24) is 9.80 Å². The van der Waals surface area contributed by atoms with Gasteiger partial charge in [-0.1, -0.05) is 18.2 Å². The SMILES string of the molecule is CCOC(=O)N1CCC(N2C(=O)c3ccccc3[C@H]2Nc2ccc(OC)cc2)CC1. The Hall–Kier alpha value is -3.22. The van der Waals surface area contributed by atoms with E-state index >= 15 is 0 Å². The van der Waals surface area contributed by atoms with Crippen molar-refractivity contribution >= 4 is 17.7 Å². The number of rotatable bonds is 5. The quantitative estimate of drug-likeness (QED) is 0.811. The highest BCUT2D eigenvalue weighted by Gasteiger charge is 2.42. The number of carbonyl (C=O) groups is 2. The molecule has 0 saturated carbocycles. The van der Waals surface area contributed by atoms with Crippen molar-refractivity contribution in [3.8, 4) is 5.75 Å². The van der Waals surface area contributed by atoms with Crippen LogP contribution in [0.25, 0.3) is 0 Å². The molecule has 2 heterocycles. The van der Waals surface area contributed by atoms with Crippen molar-refractivity contribution in [3.05, 3.63) is 59.7 Å². The highest BCUT2D eigenvalue weighted by atomic mass is 16.6. The van der Waals surface area contributed by atoms with Gasteiger partial charge in [-0.3, -0.25) is 4.79 Å². The molecule has 158 valence electrons. The summed E-state index contributed by atoms with van der Waals surface area (Å²) in [6, 6.07) is 15.5. The topological polar surface area (TPSA) is 71.1 Å². The zero-order valence-electron chi connectivity index (χ0n) is 17.3. The first-order chi connectivity index (χ1) is 14.6. The summed E-state index contributed by atoms with van der Waals surface area (Å²) in [5.74, 6) is 0.817. The summed E-state index contributed by atoms with van der Waals surface area (Å²) < 4.78 is 10.4. The predicted molar refractivity (Wildman–Crippen MR) is 114 cm³/mol. The third kappa shape index (κ3) is 3.79. The molecule has 0 aliphatic carbocycles. The number of hydrogen-bond donors (Lipinski definition) is 1. The highest BCUT2D eigenvalue weighted by Crippen LogP contribution is 2.38. The fourth-order valence-corrected chi connectivity index (χ4v) is 4.25. The second-order valence-corrected chi connectivity index (χ2v) is 7.49. The first kappa shape index (κ1) is 20.1. The number of ether oxygens (including phenoxy) is 2. The molecule has 0 radical (unpaired) electrons. The Kier molecular flexibility index (Phi) is 5.79. The van der Waals surface area contributed by atoms with Crippen molar-refractivity contribution in [1.29, 1.82) is 0 Å². The monoisotopic (exact) mass is 409 g/mol. The molecule has 0 spiro atoms. The van der Waals surface area contributed by atoms with Gasteiger partial charge in [-0.2, -0.15) is 0 Å². The van der Waals surface area contributed by atoms with Gasteiger partial charge in [0.15, 0.2) is 0 Å². The smallest absolute Gasteiger partial charge is 0.409 e. The lowest BCUT2D eigenvalue weighted by Gasteiger charge is -2.39. The molecule has 0 aromatic heterocycles. The molecule has 0 unspecified atom stereocenters. The second-order valence-electron chi connectivity index (χ2n) is 7.49. The summed E-state index contributed by atoms with van der Waals surface area (Å²) in [5.41, 5.74) is 2.63. The van der Waals surface area contributed by atoms with Gasteiger partial charge in [0.05, 0.1) is 13.7 Å². The number of amides is 2. The van der Waals surface area contributed by atoms with E-state index in [1.165, 1.54) is 0 Å². The molecule has 2 aromatic carbocycles. The Morgan fingerprint density at radius 3 is 2.47 bits per heavy atom. The van der Waals surface area contributed by atoms with Gasteiger partial charge in [0.25, 0.3) is 5.91 Å². The number of piperidine rings is 1. The Labute approximate surface area is 176 Å². The van der Waals surface area contributed by atoms with Gasteiger partial charge in [0.1, 0.15) is 11.9 Å². The van der Waals surface area contributed by atoms with E-state index in [0.717, 1.165) is 35.4 Å². The van der Waals surface area contributed by atoms with Gasteiger partial charge in [0.2, 0.25) is 0 Å². The Morgan fingerprint density at radius 2 is 1.80 bits per heavy atom. The lowest BCUT2D eigenvalue weighted by Crippen LogP contribution is -2.49. The maximum atomic E-state index is 13.3. The third-order valence-electron chi connectivity index (χ3n) is 5.78. The maximum absolute atomic E-state index is 13.3. The number of anilines is 1. The van der Waals surface area contributed by atoms with E-state index in [9.17, 15) is 9.59 Å². The molecule has 2 aliphatic rings. The van der Waals surface area contributed by atoms with Crippen LogP contribution in [0.1, 0.15) is 41.9 Å². The number of hydrogen-bond acceptors (Lipinski definition) is 5. The van der Waals surface area contributed by atoms with E-state index in [2.05, 4.69) is 5.32 Å².